The molecule has 120 valence electrons. The van der Waals surface area contributed by atoms with Crippen LogP contribution in [0.1, 0.15) is 15.9 Å². The van der Waals surface area contributed by atoms with Crippen LogP contribution in [0.2, 0.25) is 0 Å². The predicted octanol–water partition coefficient (Wildman–Crippen LogP) is 4.32. The zero-order valence-corrected chi connectivity index (χ0v) is 14.0. The lowest BCUT2D eigenvalue weighted by Gasteiger charge is -2.01. The van der Waals surface area contributed by atoms with Crippen molar-refractivity contribution in [1.82, 2.24) is 0 Å². The van der Waals surface area contributed by atoms with Crippen LogP contribution in [0, 0.1) is 6.92 Å². The lowest BCUT2D eigenvalue weighted by molar-refractivity contribution is 0.104. The van der Waals surface area contributed by atoms with Crippen molar-refractivity contribution in [2.75, 3.05) is 0 Å². The van der Waals surface area contributed by atoms with E-state index in [1.807, 2.05) is 37.3 Å². The number of allylic oxidation sites excluding steroid dienone is 1. The van der Waals surface area contributed by atoms with Gasteiger partial charge in [-0.3, -0.25) is 4.79 Å². The summed E-state index contributed by atoms with van der Waals surface area (Å²) >= 11 is 0. The first-order valence-electron chi connectivity index (χ1n) is 7.49. The number of ketones is 1. The largest absolute Gasteiger partial charge is 0.289 e. The summed E-state index contributed by atoms with van der Waals surface area (Å²) in [5, 5.41) is 2.94. The molecule has 3 nitrogen and oxygen atoms in total. The SMILES string of the molecule is Cc1ccc(S(=O)(=O)/C=C\C(=O)c2ccc3ccccc3c2)cc1. The molecule has 0 fully saturated rings. The minimum atomic E-state index is -3.62. The lowest BCUT2D eigenvalue weighted by atomic mass is 10.0. The molecule has 0 atom stereocenters. The third-order valence-corrected chi connectivity index (χ3v) is 5.21. The average molecular weight is 336 g/mol. The van der Waals surface area contributed by atoms with E-state index in [0.717, 1.165) is 27.8 Å². The number of fused-ring (bicyclic) bond motifs is 1. The monoisotopic (exact) mass is 336 g/mol. The fourth-order valence-corrected chi connectivity index (χ4v) is 3.37. The van der Waals surface area contributed by atoms with Crippen LogP contribution in [0.4, 0.5) is 0 Å². The van der Waals surface area contributed by atoms with Crippen molar-refractivity contribution in [3.05, 3.63) is 89.3 Å². The summed E-state index contributed by atoms with van der Waals surface area (Å²) in [5.41, 5.74) is 1.44. The highest BCUT2D eigenvalue weighted by Gasteiger charge is 2.11. The van der Waals surface area contributed by atoms with E-state index in [2.05, 4.69) is 0 Å². The molecule has 0 aliphatic carbocycles. The zero-order chi connectivity index (χ0) is 17.2. The van der Waals surface area contributed by atoms with E-state index in [0.29, 0.717) is 5.56 Å². The van der Waals surface area contributed by atoms with Crippen molar-refractivity contribution in [3.8, 4) is 0 Å². The second-order valence-corrected chi connectivity index (χ2v) is 7.42. The van der Waals surface area contributed by atoms with Crippen molar-refractivity contribution in [1.29, 1.82) is 0 Å². The maximum Gasteiger partial charge on any atom is 0.199 e. The summed E-state index contributed by atoms with van der Waals surface area (Å²) < 4.78 is 24.5. The van der Waals surface area contributed by atoms with Gasteiger partial charge in [0.1, 0.15) is 0 Å². The third-order valence-electron chi connectivity index (χ3n) is 3.78. The van der Waals surface area contributed by atoms with Gasteiger partial charge in [-0.1, -0.05) is 54.1 Å². The minimum absolute atomic E-state index is 0.177. The average Bonchev–Trinajstić information content (AvgIpc) is 2.59. The fraction of sp³-hybridized carbons (Fsp3) is 0.0500. The number of hydrogen-bond donors (Lipinski definition) is 0. The first-order chi connectivity index (χ1) is 11.5. The van der Waals surface area contributed by atoms with Crippen LogP contribution >= 0.6 is 0 Å². The van der Waals surface area contributed by atoms with Crippen molar-refractivity contribution >= 4 is 26.4 Å². The molecule has 0 N–H and O–H groups in total. The van der Waals surface area contributed by atoms with Gasteiger partial charge < -0.3 is 0 Å². The van der Waals surface area contributed by atoms with Crippen molar-refractivity contribution < 1.29 is 13.2 Å². The second-order valence-electron chi connectivity index (χ2n) is 5.59. The Morgan fingerprint density at radius 2 is 1.54 bits per heavy atom. The highest BCUT2D eigenvalue weighted by Crippen LogP contribution is 2.17. The van der Waals surface area contributed by atoms with E-state index < -0.39 is 9.84 Å². The Kier molecular flexibility index (Phi) is 4.32. The number of benzene rings is 3. The lowest BCUT2D eigenvalue weighted by Crippen LogP contribution is -1.99. The molecule has 0 heterocycles. The summed E-state index contributed by atoms with van der Waals surface area (Å²) in [7, 11) is -3.62. The van der Waals surface area contributed by atoms with Crippen molar-refractivity contribution in [3.63, 3.8) is 0 Å². The van der Waals surface area contributed by atoms with Crippen LogP contribution in [-0.4, -0.2) is 14.2 Å². The fourth-order valence-electron chi connectivity index (χ4n) is 2.40. The van der Waals surface area contributed by atoms with Gasteiger partial charge in [0.05, 0.1) is 4.90 Å². The van der Waals surface area contributed by atoms with Crippen LogP contribution in [-0.2, 0) is 9.84 Å². The number of sulfone groups is 1. The first-order valence-corrected chi connectivity index (χ1v) is 9.03. The number of carbonyl (C=O) groups is 1. The van der Waals surface area contributed by atoms with Gasteiger partial charge >= 0.3 is 0 Å². The summed E-state index contributed by atoms with van der Waals surface area (Å²) in [6.45, 7) is 1.88. The molecular weight excluding hydrogens is 320 g/mol. The Bertz CT molecular complexity index is 1030. The molecule has 0 aliphatic heterocycles. The second kappa shape index (κ2) is 6.42. The number of rotatable bonds is 4. The van der Waals surface area contributed by atoms with E-state index in [1.54, 1.807) is 24.3 Å². The standard InChI is InChI=1S/C20H16O3S/c1-15-6-10-19(11-7-15)24(22,23)13-12-20(21)18-9-8-16-4-2-3-5-17(16)14-18/h2-14H,1H3/b13-12-. The maximum atomic E-state index is 12.3. The molecule has 0 radical (unpaired) electrons. The predicted molar refractivity (Wildman–Crippen MR) is 95.8 cm³/mol. The minimum Gasteiger partial charge on any atom is -0.289 e. The van der Waals surface area contributed by atoms with Crippen LogP contribution < -0.4 is 0 Å². The topological polar surface area (TPSA) is 51.2 Å². The zero-order valence-electron chi connectivity index (χ0n) is 13.1. The van der Waals surface area contributed by atoms with Gasteiger partial charge in [0.25, 0.3) is 0 Å². The smallest absolute Gasteiger partial charge is 0.199 e. The van der Waals surface area contributed by atoms with Crippen LogP contribution in [0.15, 0.2) is 83.1 Å². The van der Waals surface area contributed by atoms with Gasteiger partial charge in [0.15, 0.2) is 15.6 Å². The Labute approximate surface area is 141 Å². The molecule has 4 heteroatoms. The quantitative estimate of drug-likeness (QED) is 0.527. The normalized spacial score (nSPS) is 11.9. The molecule has 0 aliphatic rings. The van der Waals surface area contributed by atoms with E-state index >= 15 is 0 Å². The summed E-state index contributed by atoms with van der Waals surface area (Å²) in [5.74, 6) is -0.337. The van der Waals surface area contributed by atoms with Crippen molar-refractivity contribution in [2.45, 2.75) is 11.8 Å². The van der Waals surface area contributed by atoms with Crippen LogP contribution in [0.3, 0.4) is 0 Å². The van der Waals surface area contributed by atoms with Gasteiger partial charge in [-0.05, 0) is 42.0 Å². The molecule has 0 spiro atoms. The highest BCUT2D eigenvalue weighted by atomic mass is 32.2. The maximum absolute atomic E-state index is 12.3. The number of carbonyl (C=O) groups excluding carboxylic acids is 1. The molecule has 3 rings (SSSR count). The molecular formula is C20H16O3S. The van der Waals surface area contributed by atoms with Crippen molar-refractivity contribution in [2.24, 2.45) is 0 Å². The van der Waals surface area contributed by atoms with E-state index in [9.17, 15) is 13.2 Å². The summed E-state index contributed by atoms with van der Waals surface area (Å²) in [4.78, 5) is 12.4. The Morgan fingerprint density at radius 1 is 0.875 bits per heavy atom. The Hall–Kier alpha value is -2.72. The number of aryl methyl sites for hydroxylation is 1. The molecule has 0 aromatic heterocycles. The molecule has 24 heavy (non-hydrogen) atoms. The molecule has 0 amide bonds. The molecule has 0 bridgehead atoms. The van der Waals surface area contributed by atoms with Gasteiger partial charge in [-0.25, -0.2) is 8.42 Å². The van der Waals surface area contributed by atoms with Gasteiger partial charge in [0, 0.05) is 11.0 Å². The third kappa shape index (κ3) is 3.44. The van der Waals surface area contributed by atoms with E-state index in [1.165, 1.54) is 12.1 Å². The molecule has 0 saturated heterocycles. The summed E-state index contributed by atoms with van der Waals surface area (Å²) in [6, 6.07) is 19.5. The van der Waals surface area contributed by atoms with Crippen LogP contribution in [0.25, 0.3) is 10.8 Å². The molecule has 3 aromatic carbocycles. The molecule has 0 unspecified atom stereocenters. The van der Waals surface area contributed by atoms with Gasteiger partial charge in [0.2, 0.25) is 0 Å². The number of hydrogen-bond acceptors (Lipinski definition) is 3. The van der Waals surface area contributed by atoms with E-state index in [-0.39, 0.29) is 10.7 Å². The first kappa shape index (κ1) is 16.1. The van der Waals surface area contributed by atoms with Crippen LogP contribution in [0.5, 0.6) is 0 Å². The highest BCUT2D eigenvalue weighted by molar-refractivity contribution is 7.94. The molecule has 0 saturated carbocycles. The van der Waals surface area contributed by atoms with Gasteiger partial charge in [-0.15, -0.1) is 0 Å². The molecule has 3 aromatic rings. The van der Waals surface area contributed by atoms with Gasteiger partial charge in [-0.2, -0.15) is 0 Å². The van der Waals surface area contributed by atoms with E-state index in [4.69, 9.17) is 0 Å². The Balaban J connectivity index is 1.87. The Morgan fingerprint density at radius 3 is 2.25 bits per heavy atom. The summed E-state index contributed by atoms with van der Waals surface area (Å²) in [6.07, 6.45) is 1.11.